The second kappa shape index (κ2) is 10.8. The third-order valence-electron chi connectivity index (χ3n) is 4.40. The molecule has 154 valence electrons. The molecule has 0 spiro atoms. The summed E-state index contributed by atoms with van der Waals surface area (Å²) in [6.45, 7) is 3.81. The van der Waals surface area contributed by atoms with Gasteiger partial charge in [0.05, 0.1) is 6.04 Å². The maximum absolute atomic E-state index is 12.7. The molecule has 3 amide bonds. The Kier molecular flexibility index (Phi) is 9.40. The van der Waals surface area contributed by atoms with E-state index in [2.05, 4.69) is 35.9 Å². The Balaban J connectivity index is 2.83. The Morgan fingerprint density at radius 2 is 1.78 bits per heavy atom. The van der Waals surface area contributed by atoms with E-state index in [9.17, 15) is 24.3 Å². The van der Waals surface area contributed by atoms with Crippen LogP contribution in [0, 0.1) is 5.92 Å². The molecule has 1 heterocycles. The smallest absolute Gasteiger partial charge is 0.326 e. The van der Waals surface area contributed by atoms with E-state index >= 15 is 0 Å². The number of carboxylic acid groups (broad SMARTS) is 1. The van der Waals surface area contributed by atoms with E-state index in [1.807, 2.05) is 0 Å². The number of likely N-dealkylation sites (tertiary alicyclic amines) is 1. The molecule has 0 aliphatic carbocycles. The maximum Gasteiger partial charge on any atom is 0.326 e. The number of hydrogen-bond donors (Lipinski definition) is 6. The lowest BCUT2D eigenvalue weighted by Crippen LogP contribution is -2.59. The normalized spacial score (nSPS) is 20.1. The molecule has 5 N–H and O–H groups in total. The van der Waals surface area contributed by atoms with Crippen LogP contribution in [-0.2, 0) is 19.2 Å². The van der Waals surface area contributed by atoms with E-state index < -0.39 is 47.9 Å². The first-order valence-electron chi connectivity index (χ1n) is 8.75. The molecule has 1 saturated heterocycles. The first-order chi connectivity index (χ1) is 12.6. The van der Waals surface area contributed by atoms with Crippen molar-refractivity contribution in [3.05, 3.63) is 0 Å². The van der Waals surface area contributed by atoms with E-state index in [1.54, 1.807) is 13.8 Å². The van der Waals surface area contributed by atoms with Crippen LogP contribution in [0.2, 0.25) is 0 Å². The average Bonchev–Trinajstić information content (AvgIpc) is 3.12. The van der Waals surface area contributed by atoms with Gasteiger partial charge in [0.25, 0.3) is 0 Å². The number of rotatable bonds is 9. The van der Waals surface area contributed by atoms with Crippen molar-refractivity contribution in [2.24, 2.45) is 11.7 Å². The summed E-state index contributed by atoms with van der Waals surface area (Å²) in [6.07, 6.45) is 0.961. The Labute approximate surface area is 169 Å². The number of nitrogens with zero attached hydrogens (tertiary/aromatic N) is 1. The van der Waals surface area contributed by atoms with Gasteiger partial charge in [-0.05, 0) is 18.8 Å². The van der Waals surface area contributed by atoms with Crippen molar-refractivity contribution in [1.29, 1.82) is 0 Å². The minimum absolute atomic E-state index is 0.00231. The SMILES string of the molecule is CC(C)C(NC(=O)C(N)CS)C(=O)NC(CS)C(=O)N1CCCC1C(=O)O. The Morgan fingerprint density at radius 3 is 2.26 bits per heavy atom. The molecule has 0 saturated carbocycles. The monoisotopic (exact) mass is 420 g/mol. The summed E-state index contributed by atoms with van der Waals surface area (Å²) in [7, 11) is 0. The summed E-state index contributed by atoms with van der Waals surface area (Å²) in [5.74, 6) is -2.76. The van der Waals surface area contributed by atoms with Crippen LogP contribution in [0.4, 0.5) is 0 Å². The highest BCUT2D eigenvalue weighted by Gasteiger charge is 2.38. The predicted molar refractivity (Wildman–Crippen MR) is 107 cm³/mol. The van der Waals surface area contributed by atoms with Crippen molar-refractivity contribution < 1.29 is 24.3 Å². The lowest BCUT2D eigenvalue weighted by Gasteiger charge is -2.29. The van der Waals surface area contributed by atoms with Crippen molar-refractivity contribution in [2.75, 3.05) is 18.1 Å². The van der Waals surface area contributed by atoms with Gasteiger partial charge >= 0.3 is 5.97 Å². The highest BCUT2D eigenvalue weighted by atomic mass is 32.1. The Bertz CT molecular complexity index is 575. The van der Waals surface area contributed by atoms with Crippen LogP contribution < -0.4 is 16.4 Å². The average molecular weight is 421 g/mol. The van der Waals surface area contributed by atoms with Crippen LogP contribution in [0.15, 0.2) is 0 Å². The third kappa shape index (κ3) is 6.28. The first-order valence-corrected chi connectivity index (χ1v) is 10.0. The minimum Gasteiger partial charge on any atom is -0.480 e. The number of nitrogens with two attached hydrogens (primary N) is 1. The zero-order valence-electron chi connectivity index (χ0n) is 15.4. The summed E-state index contributed by atoms with van der Waals surface area (Å²) in [4.78, 5) is 49.8. The van der Waals surface area contributed by atoms with Crippen molar-refractivity contribution in [1.82, 2.24) is 15.5 Å². The maximum atomic E-state index is 12.7. The van der Waals surface area contributed by atoms with Gasteiger partial charge in [-0.1, -0.05) is 13.8 Å². The van der Waals surface area contributed by atoms with E-state index in [-0.39, 0.29) is 17.4 Å². The summed E-state index contributed by atoms with van der Waals surface area (Å²) in [5, 5.41) is 14.4. The van der Waals surface area contributed by atoms with Gasteiger partial charge in [0.2, 0.25) is 17.7 Å². The Morgan fingerprint density at radius 1 is 1.15 bits per heavy atom. The minimum atomic E-state index is -1.07. The number of thiol groups is 2. The quantitative estimate of drug-likeness (QED) is 0.261. The van der Waals surface area contributed by atoms with E-state index in [0.717, 1.165) is 0 Å². The number of carbonyl (C=O) groups excluding carboxylic acids is 3. The van der Waals surface area contributed by atoms with Crippen LogP contribution in [0.25, 0.3) is 0 Å². The second-order valence-electron chi connectivity index (χ2n) is 6.79. The molecule has 0 aromatic heterocycles. The summed E-state index contributed by atoms with van der Waals surface area (Å²) >= 11 is 8.07. The van der Waals surface area contributed by atoms with Gasteiger partial charge < -0.3 is 26.4 Å². The molecule has 0 bridgehead atoms. The molecule has 1 fully saturated rings. The van der Waals surface area contributed by atoms with E-state index in [1.165, 1.54) is 4.90 Å². The molecule has 4 unspecified atom stereocenters. The third-order valence-corrected chi connectivity index (χ3v) is 5.16. The highest BCUT2D eigenvalue weighted by molar-refractivity contribution is 7.80. The van der Waals surface area contributed by atoms with Crippen LogP contribution in [-0.4, -0.2) is 75.9 Å². The molecule has 1 aliphatic rings. The predicted octanol–water partition coefficient (Wildman–Crippen LogP) is -1.13. The Hall–Kier alpha value is -1.46. The van der Waals surface area contributed by atoms with Crippen LogP contribution in [0.3, 0.4) is 0 Å². The van der Waals surface area contributed by atoms with Crippen molar-refractivity contribution >= 4 is 48.9 Å². The number of nitrogens with one attached hydrogen (secondary N) is 2. The topological polar surface area (TPSA) is 142 Å². The molecule has 1 aliphatic heterocycles. The molecule has 27 heavy (non-hydrogen) atoms. The number of aliphatic carboxylic acids is 1. The molecule has 0 aromatic carbocycles. The fourth-order valence-electron chi connectivity index (χ4n) is 2.81. The number of carboxylic acids is 1. The standard InChI is InChI=1S/C16H28N4O5S2/c1-8(2)12(19-13(21)9(17)6-26)14(22)18-10(7-27)15(23)20-5-3-4-11(20)16(24)25/h8-12,26-27H,3-7,17H2,1-2H3,(H,18,22)(H,19,21)(H,24,25). The molecule has 9 nitrogen and oxygen atoms in total. The molecule has 11 heteroatoms. The second-order valence-corrected chi connectivity index (χ2v) is 7.52. The zero-order valence-corrected chi connectivity index (χ0v) is 17.2. The van der Waals surface area contributed by atoms with Gasteiger partial charge in [0, 0.05) is 18.1 Å². The fourth-order valence-corrected chi connectivity index (χ4v) is 3.23. The van der Waals surface area contributed by atoms with Crippen LogP contribution in [0.1, 0.15) is 26.7 Å². The van der Waals surface area contributed by atoms with Gasteiger partial charge in [-0.3, -0.25) is 14.4 Å². The summed E-state index contributed by atoms with van der Waals surface area (Å²) in [5.41, 5.74) is 5.62. The molecule has 4 atom stereocenters. The molecular weight excluding hydrogens is 392 g/mol. The molecular formula is C16H28N4O5S2. The van der Waals surface area contributed by atoms with E-state index in [0.29, 0.717) is 19.4 Å². The zero-order chi connectivity index (χ0) is 20.7. The number of amides is 3. The summed E-state index contributed by atoms with van der Waals surface area (Å²) < 4.78 is 0. The molecule has 1 rings (SSSR count). The van der Waals surface area contributed by atoms with Gasteiger partial charge in [0.15, 0.2) is 0 Å². The first kappa shape index (κ1) is 23.6. The largest absolute Gasteiger partial charge is 0.480 e. The van der Waals surface area contributed by atoms with Crippen molar-refractivity contribution in [3.8, 4) is 0 Å². The fraction of sp³-hybridized carbons (Fsp3) is 0.750. The lowest BCUT2D eigenvalue weighted by atomic mass is 10.0. The van der Waals surface area contributed by atoms with Gasteiger partial charge in [-0.15, -0.1) is 0 Å². The van der Waals surface area contributed by atoms with Crippen LogP contribution >= 0.6 is 25.3 Å². The summed E-state index contributed by atoms with van der Waals surface area (Å²) in [6, 6.07) is -3.64. The number of carbonyl (C=O) groups is 4. The van der Waals surface area contributed by atoms with E-state index in [4.69, 9.17) is 5.73 Å². The van der Waals surface area contributed by atoms with Crippen LogP contribution in [0.5, 0.6) is 0 Å². The highest BCUT2D eigenvalue weighted by Crippen LogP contribution is 2.19. The van der Waals surface area contributed by atoms with Gasteiger partial charge in [-0.2, -0.15) is 25.3 Å². The van der Waals surface area contributed by atoms with Crippen molar-refractivity contribution in [3.63, 3.8) is 0 Å². The van der Waals surface area contributed by atoms with Gasteiger partial charge in [-0.25, -0.2) is 4.79 Å². The van der Waals surface area contributed by atoms with Crippen molar-refractivity contribution in [2.45, 2.75) is 50.9 Å². The molecule has 0 aromatic rings. The lowest BCUT2D eigenvalue weighted by molar-refractivity contribution is -0.149. The molecule has 0 radical (unpaired) electrons. The number of hydrogen-bond acceptors (Lipinski definition) is 7. The van der Waals surface area contributed by atoms with Gasteiger partial charge in [0.1, 0.15) is 18.1 Å².